The van der Waals surface area contributed by atoms with E-state index in [-0.39, 0.29) is 0 Å². The Morgan fingerprint density at radius 3 is 1.93 bits per heavy atom. The Morgan fingerprint density at radius 2 is 1.27 bits per heavy atom. The number of unbranched alkanes of at least 4 members (excludes halogenated alkanes) is 7. The van der Waals surface area contributed by atoms with Gasteiger partial charge in [0.15, 0.2) is 0 Å². The van der Waals surface area contributed by atoms with Gasteiger partial charge in [0.05, 0.1) is 12.2 Å². The lowest BCUT2D eigenvalue weighted by molar-refractivity contribution is 0.0386. The van der Waals surface area contributed by atoms with Gasteiger partial charge in [-0.2, -0.15) is 0 Å². The second kappa shape index (κ2) is 13.0. The number of hydrogen-bond acceptors (Lipinski definition) is 1. The normalized spacial score (nSPS) is 18.7. The van der Waals surface area contributed by atoms with Crippen molar-refractivity contribution in [2.75, 3.05) is 0 Å². The Labute approximate surface area is 185 Å². The number of aryl methyl sites for hydroxylation is 1. The molecule has 0 aromatic heterocycles. The smallest absolute Gasteiger partial charge is 0.0829 e. The number of ether oxygens (including phenoxy) is 1. The molecule has 0 radical (unpaired) electrons. The molecule has 2 atom stereocenters. The molecule has 1 aliphatic rings. The van der Waals surface area contributed by atoms with Crippen molar-refractivity contribution >= 4 is 0 Å². The van der Waals surface area contributed by atoms with E-state index in [1.54, 1.807) is 0 Å². The minimum Gasteiger partial charge on any atom is -0.370 e. The summed E-state index contributed by atoms with van der Waals surface area (Å²) >= 11 is 0. The zero-order valence-electron chi connectivity index (χ0n) is 19.4. The van der Waals surface area contributed by atoms with Crippen LogP contribution >= 0.6 is 0 Å². The van der Waals surface area contributed by atoms with E-state index < -0.39 is 0 Å². The van der Waals surface area contributed by atoms with Gasteiger partial charge in [0, 0.05) is 0 Å². The maximum absolute atomic E-state index is 6.35. The van der Waals surface area contributed by atoms with Crippen LogP contribution in [0.1, 0.15) is 108 Å². The van der Waals surface area contributed by atoms with Crippen molar-refractivity contribution in [2.45, 2.75) is 110 Å². The lowest BCUT2D eigenvalue weighted by Gasteiger charge is -2.14. The second-order valence-corrected chi connectivity index (χ2v) is 9.16. The van der Waals surface area contributed by atoms with E-state index in [2.05, 4.69) is 62.4 Å². The zero-order chi connectivity index (χ0) is 21.0. The van der Waals surface area contributed by atoms with Gasteiger partial charge in [-0.15, -0.1) is 0 Å². The van der Waals surface area contributed by atoms with E-state index in [0.29, 0.717) is 12.2 Å². The maximum atomic E-state index is 6.35. The van der Waals surface area contributed by atoms with E-state index in [1.165, 1.54) is 106 Å². The van der Waals surface area contributed by atoms with Gasteiger partial charge >= 0.3 is 0 Å². The molecule has 0 bridgehead atoms. The molecule has 0 saturated carbocycles. The first-order chi connectivity index (χ1) is 14.8. The highest BCUT2D eigenvalue weighted by Gasteiger charge is 2.25. The van der Waals surface area contributed by atoms with Crippen molar-refractivity contribution in [3.8, 4) is 11.1 Å². The van der Waals surface area contributed by atoms with Crippen LogP contribution in [0.25, 0.3) is 11.1 Å². The van der Waals surface area contributed by atoms with Crippen LogP contribution in [0.15, 0.2) is 48.5 Å². The molecular formula is C29H42O. The fourth-order valence-corrected chi connectivity index (χ4v) is 4.65. The first-order valence-corrected chi connectivity index (χ1v) is 12.6. The highest BCUT2D eigenvalue weighted by molar-refractivity contribution is 5.64. The molecule has 1 nitrogen and oxygen atoms in total. The summed E-state index contributed by atoms with van der Waals surface area (Å²) in [5, 5.41) is 0. The van der Waals surface area contributed by atoms with Crippen LogP contribution in [0.5, 0.6) is 0 Å². The maximum Gasteiger partial charge on any atom is 0.0829 e. The molecule has 30 heavy (non-hydrogen) atoms. The number of hydrogen-bond donors (Lipinski definition) is 0. The predicted molar refractivity (Wildman–Crippen MR) is 130 cm³/mol. The predicted octanol–water partition coefficient (Wildman–Crippen LogP) is 9.06. The minimum absolute atomic E-state index is 0.297. The van der Waals surface area contributed by atoms with Crippen LogP contribution in [0.3, 0.4) is 0 Å². The highest BCUT2D eigenvalue weighted by atomic mass is 16.5. The molecule has 1 heteroatoms. The van der Waals surface area contributed by atoms with Gasteiger partial charge in [-0.05, 0) is 54.4 Å². The first-order valence-electron chi connectivity index (χ1n) is 12.6. The molecule has 1 aliphatic heterocycles. The Bertz CT molecular complexity index is 700. The summed E-state index contributed by atoms with van der Waals surface area (Å²) in [6.45, 7) is 4.55. The zero-order valence-corrected chi connectivity index (χ0v) is 19.4. The molecule has 1 heterocycles. The van der Waals surface area contributed by atoms with Crippen molar-refractivity contribution in [3.05, 3.63) is 59.7 Å². The molecule has 1 fully saturated rings. The lowest BCUT2D eigenvalue weighted by atomic mass is 9.98. The molecule has 0 unspecified atom stereocenters. The average Bonchev–Trinajstić information content (AvgIpc) is 3.26. The molecule has 164 valence electrons. The Kier molecular flexibility index (Phi) is 9.96. The molecular weight excluding hydrogens is 364 g/mol. The fraction of sp³-hybridized carbons (Fsp3) is 0.586. The Balaban J connectivity index is 1.46. The van der Waals surface area contributed by atoms with Crippen molar-refractivity contribution in [1.82, 2.24) is 0 Å². The summed E-state index contributed by atoms with van der Waals surface area (Å²) in [7, 11) is 0. The topological polar surface area (TPSA) is 9.23 Å². The average molecular weight is 407 g/mol. The van der Waals surface area contributed by atoms with Gasteiger partial charge in [0.25, 0.3) is 0 Å². The highest BCUT2D eigenvalue weighted by Crippen LogP contribution is 2.35. The standard InChI is InChI=1S/C29H42O/c1-3-5-7-9-10-12-24-14-16-25(17-15-24)26-18-20-27(21-19-26)29-23-22-28(30-29)13-11-8-6-4-2/h14-21,28-29H,3-13,22-23H2,1-2H3/t28-,29-/m1/s1. The largest absolute Gasteiger partial charge is 0.370 e. The summed E-state index contributed by atoms with van der Waals surface area (Å²) in [6.07, 6.45) is 17.7. The molecule has 0 amide bonds. The van der Waals surface area contributed by atoms with Crippen molar-refractivity contribution in [3.63, 3.8) is 0 Å². The van der Waals surface area contributed by atoms with Crippen LogP contribution in [-0.4, -0.2) is 6.10 Å². The molecule has 0 spiro atoms. The van der Waals surface area contributed by atoms with E-state index in [4.69, 9.17) is 4.74 Å². The molecule has 2 aromatic carbocycles. The van der Waals surface area contributed by atoms with Crippen LogP contribution in [-0.2, 0) is 11.2 Å². The van der Waals surface area contributed by atoms with E-state index in [1.807, 2.05) is 0 Å². The fourth-order valence-electron chi connectivity index (χ4n) is 4.65. The number of rotatable bonds is 13. The summed E-state index contributed by atoms with van der Waals surface area (Å²) < 4.78 is 6.35. The molecule has 0 N–H and O–H groups in total. The monoisotopic (exact) mass is 406 g/mol. The van der Waals surface area contributed by atoms with Crippen molar-refractivity contribution in [1.29, 1.82) is 0 Å². The van der Waals surface area contributed by atoms with E-state index in [0.717, 1.165) is 0 Å². The Morgan fingerprint density at radius 1 is 0.667 bits per heavy atom. The van der Waals surface area contributed by atoms with E-state index in [9.17, 15) is 0 Å². The van der Waals surface area contributed by atoms with Crippen LogP contribution in [0.4, 0.5) is 0 Å². The SMILES string of the molecule is CCCCCCCc1ccc(-c2ccc([C@H]3CC[C@@H](CCCCCC)O3)cc2)cc1. The Hall–Kier alpha value is -1.60. The molecule has 3 rings (SSSR count). The third-order valence-corrected chi connectivity index (χ3v) is 6.63. The van der Waals surface area contributed by atoms with Gasteiger partial charge in [-0.3, -0.25) is 0 Å². The van der Waals surface area contributed by atoms with Crippen LogP contribution in [0, 0.1) is 0 Å². The summed E-state index contributed by atoms with van der Waals surface area (Å²) in [4.78, 5) is 0. The van der Waals surface area contributed by atoms with Crippen LogP contribution in [0.2, 0.25) is 0 Å². The summed E-state index contributed by atoms with van der Waals surface area (Å²) in [6, 6.07) is 18.3. The molecule has 2 aromatic rings. The minimum atomic E-state index is 0.297. The van der Waals surface area contributed by atoms with Gasteiger partial charge < -0.3 is 4.74 Å². The van der Waals surface area contributed by atoms with Gasteiger partial charge in [0.2, 0.25) is 0 Å². The van der Waals surface area contributed by atoms with Crippen molar-refractivity contribution in [2.24, 2.45) is 0 Å². The van der Waals surface area contributed by atoms with Gasteiger partial charge in [0.1, 0.15) is 0 Å². The van der Waals surface area contributed by atoms with Crippen LogP contribution < -0.4 is 0 Å². The van der Waals surface area contributed by atoms with Gasteiger partial charge in [-0.1, -0.05) is 114 Å². The number of benzene rings is 2. The summed E-state index contributed by atoms with van der Waals surface area (Å²) in [5.41, 5.74) is 5.44. The molecule has 1 saturated heterocycles. The van der Waals surface area contributed by atoms with Gasteiger partial charge in [-0.25, -0.2) is 0 Å². The van der Waals surface area contributed by atoms with Crippen molar-refractivity contribution < 1.29 is 4.74 Å². The third-order valence-electron chi connectivity index (χ3n) is 6.63. The lowest BCUT2D eigenvalue weighted by Crippen LogP contribution is -2.06. The molecule has 0 aliphatic carbocycles. The quantitative estimate of drug-likeness (QED) is 0.301. The van der Waals surface area contributed by atoms with E-state index >= 15 is 0 Å². The first kappa shape index (κ1) is 23.1. The third kappa shape index (κ3) is 7.27. The summed E-state index contributed by atoms with van der Waals surface area (Å²) in [5.74, 6) is 0. The second-order valence-electron chi connectivity index (χ2n) is 9.16.